The second kappa shape index (κ2) is 16.7. The van der Waals surface area contributed by atoms with Crippen LogP contribution < -0.4 is 20.4 Å². The van der Waals surface area contributed by atoms with Gasteiger partial charge < -0.3 is 39.4 Å². The Morgan fingerprint density at radius 2 is 1.00 bits per heavy atom. The van der Waals surface area contributed by atoms with Crippen LogP contribution in [0.4, 0.5) is 29.7 Å². The summed E-state index contributed by atoms with van der Waals surface area (Å²) in [5.74, 6) is -1.58. The van der Waals surface area contributed by atoms with Crippen molar-refractivity contribution in [1.82, 2.24) is 20.4 Å². The van der Waals surface area contributed by atoms with E-state index in [1.165, 1.54) is 46.2 Å². The minimum atomic E-state index is -0.550. The molecule has 54 heavy (non-hydrogen) atoms. The summed E-state index contributed by atoms with van der Waals surface area (Å²) in [6.45, 7) is 5.11. The number of carbonyl (C=O) groups is 4. The molecular formula is C38H42F2N6O8. The van der Waals surface area contributed by atoms with Crippen molar-refractivity contribution in [3.05, 3.63) is 94.6 Å². The number of carbonyl (C=O) groups excluding carboxylic acids is 4. The van der Waals surface area contributed by atoms with E-state index >= 15 is 0 Å². The van der Waals surface area contributed by atoms with Crippen molar-refractivity contribution in [2.75, 3.05) is 88.7 Å². The standard InChI is InChI=1S/C38H42F2N6O8/c39-31-17-25(1-7-33(31)43-9-13-51-14-10-43)21-45-29(23-53-37(45)49)19-41-35(47)27-3-5-28(6-4-27)36(48)42-20-30-24-54-38(50)46(30)22-26-2-8-34(32(40)18-26)44-11-15-52-16-12-44/h1-8,17-18,29-30H,9-16,19-24H2,(H,41,47)(H,42,48). The topological polar surface area (TPSA) is 142 Å². The van der Waals surface area contributed by atoms with Crippen LogP contribution in [0.1, 0.15) is 31.8 Å². The quantitative estimate of drug-likeness (QED) is 0.284. The normalized spacial score (nSPS) is 20.2. The molecule has 2 atom stereocenters. The number of cyclic esters (lactones) is 2. The van der Waals surface area contributed by atoms with E-state index in [0.717, 1.165) is 0 Å². The first-order valence-corrected chi connectivity index (χ1v) is 18.0. The van der Waals surface area contributed by atoms with Crippen LogP contribution >= 0.6 is 0 Å². The number of amides is 4. The van der Waals surface area contributed by atoms with Gasteiger partial charge in [-0.25, -0.2) is 18.4 Å². The lowest BCUT2D eigenvalue weighted by Crippen LogP contribution is -2.42. The van der Waals surface area contributed by atoms with Gasteiger partial charge in [0.25, 0.3) is 11.8 Å². The summed E-state index contributed by atoms with van der Waals surface area (Å²) >= 11 is 0. The zero-order chi connectivity index (χ0) is 37.6. The number of anilines is 2. The third kappa shape index (κ3) is 8.50. The van der Waals surface area contributed by atoms with E-state index in [-0.39, 0.29) is 51.0 Å². The number of hydrogen-bond donors (Lipinski definition) is 2. The molecule has 4 aliphatic rings. The Hall–Kier alpha value is -5.48. The van der Waals surface area contributed by atoms with Crippen LogP contribution in [0.25, 0.3) is 0 Å². The monoisotopic (exact) mass is 748 g/mol. The van der Waals surface area contributed by atoms with E-state index in [2.05, 4.69) is 10.6 Å². The highest BCUT2D eigenvalue weighted by molar-refractivity contribution is 5.97. The van der Waals surface area contributed by atoms with Gasteiger partial charge >= 0.3 is 12.2 Å². The number of halogens is 2. The molecule has 4 aliphatic heterocycles. The smallest absolute Gasteiger partial charge is 0.410 e. The largest absolute Gasteiger partial charge is 0.447 e. The number of ether oxygens (including phenoxy) is 4. The third-order valence-corrected chi connectivity index (χ3v) is 9.99. The maximum atomic E-state index is 15.0. The number of nitrogens with zero attached hydrogens (tertiary/aromatic N) is 4. The zero-order valence-electron chi connectivity index (χ0n) is 29.6. The van der Waals surface area contributed by atoms with Gasteiger partial charge in [0.15, 0.2) is 0 Å². The van der Waals surface area contributed by atoms with E-state index < -0.39 is 36.1 Å². The van der Waals surface area contributed by atoms with Gasteiger partial charge in [-0.1, -0.05) is 12.1 Å². The van der Waals surface area contributed by atoms with Crippen molar-refractivity contribution in [3.63, 3.8) is 0 Å². The second-order valence-corrected chi connectivity index (χ2v) is 13.5. The molecule has 14 nitrogen and oxygen atoms in total. The molecule has 0 saturated carbocycles. The summed E-state index contributed by atoms with van der Waals surface area (Å²) in [6.07, 6.45) is -1.10. The lowest BCUT2D eigenvalue weighted by molar-refractivity contribution is 0.0931. The first-order valence-electron chi connectivity index (χ1n) is 18.0. The molecule has 7 rings (SSSR count). The van der Waals surface area contributed by atoms with Crippen LogP contribution in [-0.4, -0.2) is 125 Å². The Morgan fingerprint density at radius 3 is 1.37 bits per heavy atom. The molecule has 0 aliphatic carbocycles. The molecule has 4 saturated heterocycles. The SMILES string of the molecule is O=C(NCC1COC(=O)N1Cc1ccc(N2CCOCC2)c(F)c1)c1ccc(C(=O)NCC2COC(=O)N2Cc2ccc(N3CCOCC3)c(F)c2)cc1. The molecule has 0 aromatic heterocycles. The highest BCUT2D eigenvalue weighted by Crippen LogP contribution is 2.26. The van der Waals surface area contributed by atoms with Gasteiger partial charge in [-0.05, 0) is 59.7 Å². The summed E-state index contributed by atoms with van der Waals surface area (Å²) in [6, 6.07) is 14.9. The van der Waals surface area contributed by atoms with E-state index in [1.54, 1.807) is 24.3 Å². The molecule has 2 N–H and O–H groups in total. The predicted molar refractivity (Wildman–Crippen MR) is 191 cm³/mol. The fourth-order valence-corrected chi connectivity index (χ4v) is 6.91. The Bertz CT molecular complexity index is 1720. The number of nitrogens with one attached hydrogen (secondary N) is 2. The maximum Gasteiger partial charge on any atom is 0.410 e. The summed E-state index contributed by atoms with van der Waals surface area (Å²) < 4.78 is 51.1. The minimum Gasteiger partial charge on any atom is -0.447 e. The van der Waals surface area contributed by atoms with Crippen LogP contribution in [0, 0.1) is 11.6 Å². The van der Waals surface area contributed by atoms with E-state index in [1.807, 2.05) is 9.80 Å². The molecule has 4 fully saturated rings. The van der Waals surface area contributed by atoms with Crippen molar-refractivity contribution in [2.45, 2.75) is 25.2 Å². The number of hydrogen-bond acceptors (Lipinski definition) is 10. The molecule has 286 valence electrons. The molecular weight excluding hydrogens is 706 g/mol. The van der Waals surface area contributed by atoms with Gasteiger partial charge in [-0.15, -0.1) is 0 Å². The van der Waals surface area contributed by atoms with Gasteiger partial charge in [0.05, 0.1) is 49.9 Å². The second-order valence-electron chi connectivity index (χ2n) is 13.5. The van der Waals surface area contributed by atoms with Gasteiger partial charge in [0, 0.05) is 63.5 Å². The Morgan fingerprint density at radius 1 is 0.611 bits per heavy atom. The summed E-state index contributed by atoms with van der Waals surface area (Å²) in [5, 5.41) is 5.63. The Balaban J connectivity index is 0.884. The van der Waals surface area contributed by atoms with Crippen molar-refractivity contribution < 1.29 is 46.9 Å². The molecule has 3 aromatic carbocycles. The lowest BCUT2D eigenvalue weighted by Gasteiger charge is -2.29. The van der Waals surface area contributed by atoms with Crippen molar-refractivity contribution in [3.8, 4) is 0 Å². The first kappa shape index (κ1) is 36.9. The Kier molecular flexibility index (Phi) is 11.4. The van der Waals surface area contributed by atoms with Gasteiger partial charge in [-0.3, -0.25) is 19.4 Å². The van der Waals surface area contributed by atoms with Crippen LogP contribution in [0.2, 0.25) is 0 Å². The number of rotatable bonds is 12. The van der Waals surface area contributed by atoms with E-state index in [9.17, 15) is 28.0 Å². The van der Waals surface area contributed by atoms with E-state index in [4.69, 9.17) is 18.9 Å². The number of morpholine rings is 2. The van der Waals surface area contributed by atoms with Crippen LogP contribution in [0.5, 0.6) is 0 Å². The van der Waals surface area contributed by atoms with Crippen LogP contribution in [-0.2, 0) is 32.0 Å². The maximum absolute atomic E-state index is 15.0. The van der Waals surface area contributed by atoms with Crippen molar-refractivity contribution in [1.29, 1.82) is 0 Å². The number of benzene rings is 3. The average molecular weight is 749 g/mol. The lowest BCUT2D eigenvalue weighted by atomic mass is 10.1. The first-order chi connectivity index (χ1) is 26.2. The average Bonchev–Trinajstić information content (AvgIpc) is 3.72. The summed E-state index contributed by atoms with van der Waals surface area (Å²) in [7, 11) is 0. The zero-order valence-corrected chi connectivity index (χ0v) is 29.6. The molecule has 0 radical (unpaired) electrons. The Labute approximate surface area is 310 Å². The summed E-state index contributed by atoms with van der Waals surface area (Å²) in [4.78, 5) is 57.8. The molecule has 16 heteroatoms. The minimum absolute atomic E-state index is 0.0692. The third-order valence-electron chi connectivity index (χ3n) is 9.99. The fourth-order valence-electron chi connectivity index (χ4n) is 6.91. The fraction of sp³-hybridized carbons (Fsp3) is 0.421. The molecule has 0 bridgehead atoms. The van der Waals surface area contributed by atoms with Crippen LogP contribution in [0.3, 0.4) is 0 Å². The predicted octanol–water partition coefficient (Wildman–Crippen LogP) is 3.14. The molecule has 3 aromatic rings. The van der Waals surface area contributed by atoms with Crippen LogP contribution in [0.15, 0.2) is 60.7 Å². The van der Waals surface area contributed by atoms with Gasteiger partial charge in [0.2, 0.25) is 0 Å². The molecule has 4 heterocycles. The van der Waals surface area contributed by atoms with Gasteiger partial charge in [0.1, 0.15) is 24.8 Å². The van der Waals surface area contributed by atoms with Gasteiger partial charge in [-0.2, -0.15) is 0 Å². The highest BCUT2D eigenvalue weighted by Gasteiger charge is 2.35. The highest BCUT2D eigenvalue weighted by atomic mass is 19.1. The van der Waals surface area contributed by atoms with Crippen molar-refractivity contribution >= 4 is 35.4 Å². The van der Waals surface area contributed by atoms with Crippen molar-refractivity contribution in [2.24, 2.45) is 0 Å². The molecule has 4 amide bonds. The molecule has 2 unspecified atom stereocenters. The van der Waals surface area contributed by atoms with E-state index in [0.29, 0.717) is 86.2 Å². The summed E-state index contributed by atoms with van der Waals surface area (Å²) in [5.41, 5.74) is 2.77. The molecule has 0 spiro atoms.